The molecule has 0 aliphatic heterocycles. The van der Waals surface area contributed by atoms with Gasteiger partial charge in [0.05, 0.1) is 0 Å². The van der Waals surface area contributed by atoms with E-state index in [4.69, 9.17) is 29.1 Å². The van der Waals surface area contributed by atoms with Crippen molar-refractivity contribution in [3.8, 4) is 0 Å². The molecule has 0 bridgehead atoms. The van der Waals surface area contributed by atoms with Crippen LogP contribution in [-0.4, -0.2) is 115 Å². The van der Waals surface area contributed by atoms with Gasteiger partial charge >= 0.3 is 96.5 Å². The second kappa shape index (κ2) is 18.4. The van der Waals surface area contributed by atoms with Gasteiger partial charge in [0.1, 0.15) is 0 Å². The molecule has 0 saturated heterocycles. The van der Waals surface area contributed by atoms with Crippen molar-refractivity contribution in [3.05, 3.63) is 0 Å². The van der Waals surface area contributed by atoms with E-state index >= 15 is 0 Å². The average Bonchev–Trinajstić information content (AvgIpc) is 1.27. The van der Waals surface area contributed by atoms with E-state index in [9.17, 15) is 0 Å². The molecule has 0 radical (unpaired) electrons. The molecule has 56 valence electrons. The van der Waals surface area contributed by atoms with Crippen LogP contribution in [0.1, 0.15) is 0 Å². The standard InChI is InChI=1S/CH2O2.3Na.H3O4P.3H/c2-1-3;;;;1-5(2,3)4;;;/h1H,(H,2,3);;;;(H3,1,2,3,4);;;. The quantitative estimate of drug-likeness (QED) is 0.193. The number of rotatable bonds is 0. The zero-order valence-electron chi connectivity index (χ0n) is 3.63. The normalized spacial score (nSPS) is 6.45. The SMILES string of the molecule is O=CO.O=P(O)(O)O.[NaH].[NaH].[NaH]. The predicted molar refractivity (Wildman–Crippen MR) is 44.4 cm³/mol. The predicted octanol–water partition coefficient (Wildman–Crippen LogP) is -3.17. The van der Waals surface area contributed by atoms with E-state index in [0.717, 1.165) is 0 Å². The van der Waals surface area contributed by atoms with Crippen molar-refractivity contribution < 1.29 is 29.1 Å². The van der Waals surface area contributed by atoms with E-state index in [0.29, 0.717) is 0 Å². The molecule has 0 rings (SSSR count). The summed E-state index contributed by atoms with van der Waals surface area (Å²) in [5.41, 5.74) is 0. The molecule has 0 spiro atoms. The molecule has 0 unspecified atom stereocenters. The molecule has 0 aliphatic rings. The Balaban J connectivity index is -0.0000000183. The van der Waals surface area contributed by atoms with Crippen molar-refractivity contribution in [1.82, 2.24) is 0 Å². The summed E-state index contributed by atoms with van der Waals surface area (Å²) in [5.74, 6) is 0. The van der Waals surface area contributed by atoms with Crippen molar-refractivity contribution in [3.63, 3.8) is 0 Å². The fraction of sp³-hybridized carbons (Fsp3) is 0. The van der Waals surface area contributed by atoms with Gasteiger partial charge in [-0.05, 0) is 0 Å². The van der Waals surface area contributed by atoms with Gasteiger partial charge in [-0.25, -0.2) is 4.57 Å². The van der Waals surface area contributed by atoms with Gasteiger partial charge in [-0.3, -0.25) is 4.79 Å². The van der Waals surface area contributed by atoms with Crippen LogP contribution < -0.4 is 0 Å². The van der Waals surface area contributed by atoms with E-state index in [1.54, 1.807) is 0 Å². The third-order valence-electron chi connectivity index (χ3n) is 0. The first-order chi connectivity index (χ1) is 3.41. The van der Waals surface area contributed by atoms with Crippen LogP contribution in [0, 0.1) is 0 Å². The molecule has 0 saturated carbocycles. The van der Waals surface area contributed by atoms with Crippen molar-refractivity contribution in [2.75, 3.05) is 0 Å². The second-order valence-electron chi connectivity index (χ2n) is 0.619. The van der Waals surface area contributed by atoms with Gasteiger partial charge in [-0.15, -0.1) is 0 Å². The van der Waals surface area contributed by atoms with Gasteiger partial charge in [0, 0.05) is 0 Å². The van der Waals surface area contributed by atoms with Gasteiger partial charge in [-0.2, -0.15) is 0 Å². The number of phosphoric acid groups is 1. The Morgan fingerprint density at radius 1 is 1.00 bits per heavy atom. The summed E-state index contributed by atoms with van der Waals surface area (Å²) in [4.78, 5) is 29.9. The van der Waals surface area contributed by atoms with E-state index < -0.39 is 7.82 Å². The van der Waals surface area contributed by atoms with Gasteiger partial charge in [-0.1, -0.05) is 0 Å². The molecule has 10 heteroatoms. The molecule has 0 aromatic heterocycles. The third kappa shape index (κ3) is 212. The molecule has 0 atom stereocenters. The Hall–Kier alpha value is 2.58. The maximum absolute atomic E-state index is 8.88. The van der Waals surface area contributed by atoms with Gasteiger partial charge in [0.2, 0.25) is 0 Å². The number of hydrogen-bond acceptors (Lipinski definition) is 2. The zero-order chi connectivity index (χ0) is 7.21. The average molecular weight is 216 g/mol. The Bertz CT molecular complexity index is 91.7. The molecular formula is CH8Na3O6P. The summed E-state index contributed by atoms with van der Waals surface area (Å²) in [5, 5.41) is 6.89. The van der Waals surface area contributed by atoms with E-state index in [1.165, 1.54) is 0 Å². The number of hydrogen-bond donors (Lipinski definition) is 4. The minimum absolute atomic E-state index is 0. The molecule has 0 heterocycles. The van der Waals surface area contributed by atoms with Crippen LogP contribution in [0.3, 0.4) is 0 Å². The first-order valence-electron chi connectivity index (χ1n) is 1.28. The molecular weight excluding hydrogens is 208 g/mol. The number of carboxylic acid groups (broad SMARTS) is 1. The van der Waals surface area contributed by atoms with Crippen LogP contribution in [0.2, 0.25) is 0 Å². The van der Waals surface area contributed by atoms with Crippen LogP contribution >= 0.6 is 7.82 Å². The summed E-state index contributed by atoms with van der Waals surface area (Å²) in [6, 6.07) is 0. The Morgan fingerprint density at radius 3 is 1.00 bits per heavy atom. The Morgan fingerprint density at radius 2 is 1.00 bits per heavy atom. The molecule has 0 aromatic rings. The summed E-state index contributed by atoms with van der Waals surface area (Å²) >= 11 is 0. The first kappa shape index (κ1) is 29.2. The second-order valence-corrected chi connectivity index (χ2v) is 1.65. The van der Waals surface area contributed by atoms with E-state index in [-0.39, 0.29) is 95.1 Å². The van der Waals surface area contributed by atoms with Crippen LogP contribution in [-0.2, 0) is 9.36 Å². The van der Waals surface area contributed by atoms with E-state index in [2.05, 4.69) is 0 Å². The van der Waals surface area contributed by atoms with E-state index in [1.807, 2.05) is 0 Å². The number of carbonyl (C=O) groups is 1. The van der Waals surface area contributed by atoms with Crippen molar-refractivity contribution in [2.45, 2.75) is 0 Å². The molecule has 0 aliphatic carbocycles. The summed E-state index contributed by atoms with van der Waals surface area (Å²) in [6.45, 7) is -0.250. The van der Waals surface area contributed by atoms with Gasteiger partial charge < -0.3 is 19.8 Å². The van der Waals surface area contributed by atoms with Crippen molar-refractivity contribution >= 4 is 103 Å². The molecule has 0 amide bonds. The van der Waals surface area contributed by atoms with Gasteiger partial charge in [0.25, 0.3) is 6.47 Å². The zero-order valence-corrected chi connectivity index (χ0v) is 4.52. The summed E-state index contributed by atoms with van der Waals surface area (Å²) in [6.07, 6.45) is 0. The van der Waals surface area contributed by atoms with Crippen molar-refractivity contribution in [2.24, 2.45) is 0 Å². The fourth-order valence-corrected chi connectivity index (χ4v) is 0. The minimum atomic E-state index is -4.64. The maximum atomic E-state index is 8.88. The summed E-state index contributed by atoms with van der Waals surface area (Å²) < 4.78 is 8.88. The molecule has 4 N–H and O–H groups in total. The van der Waals surface area contributed by atoms with Crippen molar-refractivity contribution in [1.29, 1.82) is 0 Å². The van der Waals surface area contributed by atoms with Gasteiger partial charge in [0.15, 0.2) is 0 Å². The third-order valence-corrected chi connectivity index (χ3v) is 0. The van der Waals surface area contributed by atoms with Crippen LogP contribution in [0.5, 0.6) is 0 Å². The molecule has 11 heavy (non-hydrogen) atoms. The van der Waals surface area contributed by atoms with Crippen LogP contribution in [0.4, 0.5) is 0 Å². The summed E-state index contributed by atoms with van der Waals surface area (Å²) in [7, 11) is -4.64. The topological polar surface area (TPSA) is 115 Å². The molecule has 0 aromatic carbocycles. The first-order valence-corrected chi connectivity index (χ1v) is 2.84. The Kier molecular flexibility index (Phi) is 48.8. The monoisotopic (exact) mass is 216 g/mol. The van der Waals surface area contributed by atoms with Crippen LogP contribution in [0.25, 0.3) is 0 Å². The fourth-order valence-electron chi connectivity index (χ4n) is 0. The molecule has 0 fully saturated rings. The van der Waals surface area contributed by atoms with Crippen LogP contribution in [0.15, 0.2) is 0 Å². The molecule has 6 nitrogen and oxygen atoms in total. The Labute approximate surface area is 130 Å².